The van der Waals surface area contributed by atoms with Crippen LogP contribution >= 0.6 is 0 Å². The second-order valence-electron chi connectivity index (χ2n) is 8.31. The lowest BCUT2D eigenvalue weighted by Crippen LogP contribution is -2.19. The van der Waals surface area contributed by atoms with E-state index < -0.39 is 0 Å². The van der Waals surface area contributed by atoms with E-state index in [1.54, 1.807) is 18.6 Å². The van der Waals surface area contributed by atoms with Crippen LogP contribution in [0.5, 0.6) is 0 Å². The summed E-state index contributed by atoms with van der Waals surface area (Å²) in [6.45, 7) is 1.96. The van der Waals surface area contributed by atoms with Gasteiger partial charge >= 0.3 is 0 Å². The van der Waals surface area contributed by atoms with E-state index in [0.29, 0.717) is 0 Å². The Bertz CT molecular complexity index is 1450. The van der Waals surface area contributed by atoms with Crippen LogP contribution in [0.1, 0.15) is 12.8 Å². The van der Waals surface area contributed by atoms with Gasteiger partial charge in [0.15, 0.2) is 0 Å². The molecule has 0 radical (unpaired) electrons. The standard InChI is InChI=1S/C27H22N8/c1-2-9-20(19(8-1)26-21(12-15-30-33-26)22-10-3-4-13-28-22)27-25(23-11-7-14-29-32-23)24(18-31-34-27)35-16-5-6-17-35/h1-4,7-15,18H,5-6,16-17H2. The number of hydrogen-bond acceptors (Lipinski definition) is 8. The van der Waals surface area contributed by atoms with E-state index in [2.05, 4.69) is 40.5 Å². The highest BCUT2D eigenvalue weighted by atomic mass is 15.2. The van der Waals surface area contributed by atoms with Crippen LogP contribution in [0.25, 0.3) is 45.0 Å². The molecular weight excluding hydrogens is 436 g/mol. The summed E-state index contributed by atoms with van der Waals surface area (Å²) in [5.41, 5.74) is 7.72. The molecular formula is C27H22N8. The van der Waals surface area contributed by atoms with Crippen molar-refractivity contribution in [3.63, 3.8) is 0 Å². The normalized spacial score (nSPS) is 13.2. The highest BCUT2D eigenvalue weighted by Crippen LogP contribution is 2.42. The average molecular weight is 459 g/mol. The van der Waals surface area contributed by atoms with Crippen LogP contribution in [0.15, 0.2) is 85.5 Å². The zero-order valence-electron chi connectivity index (χ0n) is 19.0. The molecule has 0 bridgehead atoms. The van der Waals surface area contributed by atoms with Gasteiger partial charge in [0, 0.05) is 42.2 Å². The maximum absolute atomic E-state index is 4.64. The highest BCUT2D eigenvalue weighted by Gasteiger charge is 2.25. The van der Waals surface area contributed by atoms with Crippen LogP contribution < -0.4 is 4.90 Å². The monoisotopic (exact) mass is 458 g/mol. The van der Waals surface area contributed by atoms with Gasteiger partial charge in [-0.15, -0.1) is 10.2 Å². The Morgan fingerprint density at radius 2 is 1.31 bits per heavy atom. The Hall–Kier alpha value is -4.59. The third kappa shape index (κ3) is 3.99. The molecule has 0 aliphatic carbocycles. The molecule has 1 aliphatic heterocycles. The Kier molecular flexibility index (Phi) is 5.60. The van der Waals surface area contributed by atoms with Gasteiger partial charge in [0.25, 0.3) is 0 Å². The van der Waals surface area contributed by atoms with Crippen molar-refractivity contribution in [3.8, 4) is 45.0 Å². The Labute approximate surface area is 202 Å². The van der Waals surface area contributed by atoms with Gasteiger partial charge in [-0.1, -0.05) is 30.3 Å². The maximum Gasteiger partial charge on any atom is 0.105 e. The first kappa shape index (κ1) is 21.0. The number of benzene rings is 1. The zero-order valence-corrected chi connectivity index (χ0v) is 19.0. The van der Waals surface area contributed by atoms with Gasteiger partial charge in [0.05, 0.1) is 35.0 Å². The maximum atomic E-state index is 4.64. The molecule has 1 aliphatic rings. The van der Waals surface area contributed by atoms with E-state index in [0.717, 1.165) is 76.6 Å². The fourth-order valence-electron chi connectivity index (χ4n) is 4.61. The number of rotatable bonds is 5. The van der Waals surface area contributed by atoms with Crippen LogP contribution in [-0.4, -0.2) is 48.7 Å². The number of nitrogens with zero attached hydrogens (tertiary/aromatic N) is 8. The predicted molar refractivity (Wildman–Crippen MR) is 134 cm³/mol. The third-order valence-electron chi connectivity index (χ3n) is 6.20. The fraction of sp³-hybridized carbons (Fsp3) is 0.148. The minimum absolute atomic E-state index is 0.736. The van der Waals surface area contributed by atoms with Crippen LogP contribution in [-0.2, 0) is 0 Å². The van der Waals surface area contributed by atoms with Gasteiger partial charge < -0.3 is 4.90 Å². The topological polar surface area (TPSA) is 93.5 Å². The van der Waals surface area contributed by atoms with Crippen molar-refractivity contribution in [3.05, 3.63) is 85.5 Å². The van der Waals surface area contributed by atoms with Crippen molar-refractivity contribution in [1.82, 2.24) is 35.6 Å². The number of pyridine rings is 1. The first-order valence-electron chi connectivity index (χ1n) is 11.6. The number of hydrogen-bond donors (Lipinski definition) is 0. The molecule has 0 saturated carbocycles. The highest BCUT2D eigenvalue weighted by molar-refractivity contribution is 5.95. The molecule has 170 valence electrons. The van der Waals surface area contributed by atoms with Crippen molar-refractivity contribution in [2.45, 2.75) is 12.8 Å². The minimum atomic E-state index is 0.736. The molecule has 5 aromatic rings. The smallest absolute Gasteiger partial charge is 0.105 e. The molecule has 8 nitrogen and oxygen atoms in total. The van der Waals surface area contributed by atoms with Gasteiger partial charge in [-0.25, -0.2) is 0 Å². The number of aromatic nitrogens is 7. The van der Waals surface area contributed by atoms with E-state index in [9.17, 15) is 0 Å². The quantitative estimate of drug-likeness (QED) is 0.373. The van der Waals surface area contributed by atoms with E-state index in [-0.39, 0.29) is 0 Å². The molecule has 4 aromatic heterocycles. The minimum Gasteiger partial charge on any atom is -0.370 e. The average Bonchev–Trinajstić information content (AvgIpc) is 3.49. The van der Waals surface area contributed by atoms with Crippen LogP contribution in [0, 0.1) is 0 Å². The van der Waals surface area contributed by atoms with E-state index in [1.807, 2.05) is 66.9 Å². The van der Waals surface area contributed by atoms with Crippen molar-refractivity contribution >= 4 is 5.69 Å². The third-order valence-corrected chi connectivity index (χ3v) is 6.20. The first-order valence-corrected chi connectivity index (χ1v) is 11.6. The van der Waals surface area contributed by atoms with E-state index in [1.165, 1.54) is 0 Å². The molecule has 0 unspecified atom stereocenters. The van der Waals surface area contributed by atoms with Crippen molar-refractivity contribution < 1.29 is 0 Å². The summed E-state index contributed by atoms with van der Waals surface area (Å²) >= 11 is 0. The largest absolute Gasteiger partial charge is 0.370 e. The molecule has 0 N–H and O–H groups in total. The molecule has 0 amide bonds. The van der Waals surface area contributed by atoms with E-state index in [4.69, 9.17) is 0 Å². The van der Waals surface area contributed by atoms with Crippen molar-refractivity contribution in [1.29, 1.82) is 0 Å². The summed E-state index contributed by atoms with van der Waals surface area (Å²) in [5.74, 6) is 0. The van der Waals surface area contributed by atoms with Crippen molar-refractivity contribution in [2.75, 3.05) is 18.0 Å². The molecule has 0 spiro atoms. The van der Waals surface area contributed by atoms with Crippen LogP contribution in [0.2, 0.25) is 0 Å². The first-order chi connectivity index (χ1) is 17.4. The lowest BCUT2D eigenvalue weighted by molar-refractivity contribution is 0.936. The molecule has 8 heteroatoms. The van der Waals surface area contributed by atoms with E-state index >= 15 is 0 Å². The Morgan fingerprint density at radius 3 is 2.09 bits per heavy atom. The molecule has 5 heterocycles. The summed E-state index contributed by atoms with van der Waals surface area (Å²) in [7, 11) is 0. The number of anilines is 1. The summed E-state index contributed by atoms with van der Waals surface area (Å²) in [6.07, 6.45) is 9.29. The second kappa shape index (κ2) is 9.34. The van der Waals surface area contributed by atoms with Gasteiger partial charge in [0.2, 0.25) is 0 Å². The molecule has 1 saturated heterocycles. The van der Waals surface area contributed by atoms with Crippen LogP contribution in [0.4, 0.5) is 5.69 Å². The fourth-order valence-corrected chi connectivity index (χ4v) is 4.61. The molecule has 6 rings (SSSR count). The molecule has 1 aromatic carbocycles. The predicted octanol–water partition coefficient (Wildman–Crippen LogP) is 4.72. The summed E-state index contributed by atoms with van der Waals surface area (Å²) in [5, 5.41) is 26.4. The van der Waals surface area contributed by atoms with Crippen LogP contribution in [0.3, 0.4) is 0 Å². The summed E-state index contributed by atoms with van der Waals surface area (Å²) in [6, 6.07) is 19.7. The summed E-state index contributed by atoms with van der Waals surface area (Å²) in [4.78, 5) is 6.90. The molecule has 0 atom stereocenters. The SMILES string of the molecule is c1ccc(-c2ccnnc2-c2ccccc2-c2nncc(N3CCCC3)c2-c2cccnn2)nc1. The second-order valence-corrected chi connectivity index (χ2v) is 8.31. The van der Waals surface area contributed by atoms with Gasteiger partial charge in [-0.05, 0) is 43.2 Å². The summed E-state index contributed by atoms with van der Waals surface area (Å²) < 4.78 is 0. The Morgan fingerprint density at radius 1 is 0.571 bits per heavy atom. The zero-order chi connectivity index (χ0) is 23.5. The van der Waals surface area contributed by atoms with Crippen molar-refractivity contribution in [2.24, 2.45) is 0 Å². The molecule has 1 fully saturated rings. The Balaban J connectivity index is 1.59. The molecule has 35 heavy (non-hydrogen) atoms. The lowest BCUT2D eigenvalue weighted by atomic mass is 9.94. The lowest BCUT2D eigenvalue weighted by Gasteiger charge is -2.22. The van der Waals surface area contributed by atoms with Gasteiger partial charge in [0.1, 0.15) is 11.4 Å². The van der Waals surface area contributed by atoms with Gasteiger partial charge in [-0.3, -0.25) is 4.98 Å². The van der Waals surface area contributed by atoms with Gasteiger partial charge in [-0.2, -0.15) is 20.4 Å².